The van der Waals surface area contributed by atoms with Crippen molar-refractivity contribution in [1.82, 2.24) is 4.90 Å². The number of carboxylic acids is 1. The van der Waals surface area contributed by atoms with E-state index in [1.807, 2.05) is 12.1 Å². The van der Waals surface area contributed by atoms with Gasteiger partial charge >= 0.3 is 5.97 Å². The lowest BCUT2D eigenvalue weighted by atomic mass is 10.0. The highest BCUT2D eigenvalue weighted by molar-refractivity contribution is 6.30. The summed E-state index contributed by atoms with van der Waals surface area (Å²) in [5.41, 5.74) is 1.32. The molecule has 19 heavy (non-hydrogen) atoms. The average molecular weight is 282 g/mol. The minimum Gasteiger partial charge on any atom is -0.481 e. The topological polar surface area (TPSA) is 40.5 Å². The van der Waals surface area contributed by atoms with Crippen molar-refractivity contribution in [3.63, 3.8) is 0 Å². The summed E-state index contributed by atoms with van der Waals surface area (Å²) in [6.45, 7) is 2.10. The van der Waals surface area contributed by atoms with Crippen LogP contribution in [0, 0.1) is 0 Å². The quantitative estimate of drug-likeness (QED) is 0.808. The average Bonchev–Trinajstić information content (AvgIpc) is 2.84. The fraction of sp³-hybridized carbons (Fsp3) is 0.533. The molecule has 0 radical (unpaired) electrons. The molecule has 0 spiro atoms. The summed E-state index contributed by atoms with van der Waals surface area (Å²) in [7, 11) is 0. The maximum Gasteiger partial charge on any atom is 0.303 e. The molecular formula is C15H20ClNO2. The van der Waals surface area contributed by atoms with E-state index < -0.39 is 5.97 Å². The molecule has 1 aromatic carbocycles. The van der Waals surface area contributed by atoms with E-state index in [2.05, 4.69) is 17.0 Å². The van der Waals surface area contributed by atoms with Crippen molar-refractivity contribution < 1.29 is 9.90 Å². The van der Waals surface area contributed by atoms with E-state index >= 15 is 0 Å². The van der Waals surface area contributed by atoms with Gasteiger partial charge in [-0.25, -0.2) is 0 Å². The van der Waals surface area contributed by atoms with Crippen LogP contribution in [0.3, 0.4) is 0 Å². The van der Waals surface area contributed by atoms with E-state index in [-0.39, 0.29) is 6.42 Å². The molecule has 1 aliphatic rings. The third-order valence-electron chi connectivity index (χ3n) is 3.70. The van der Waals surface area contributed by atoms with Gasteiger partial charge in [0.25, 0.3) is 0 Å². The zero-order valence-electron chi connectivity index (χ0n) is 11.0. The summed E-state index contributed by atoms with van der Waals surface area (Å²) in [6, 6.07) is 8.56. The number of carboxylic acid groups (broad SMARTS) is 1. The van der Waals surface area contributed by atoms with E-state index in [1.54, 1.807) is 0 Å². The number of likely N-dealkylation sites (tertiary alicyclic amines) is 1. The molecule has 0 amide bonds. The van der Waals surface area contributed by atoms with Crippen molar-refractivity contribution >= 4 is 17.6 Å². The second-order valence-corrected chi connectivity index (χ2v) is 5.53. The lowest BCUT2D eigenvalue weighted by Gasteiger charge is -2.24. The van der Waals surface area contributed by atoms with Gasteiger partial charge in [0.2, 0.25) is 0 Å². The van der Waals surface area contributed by atoms with E-state index in [1.165, 1.54) is 18.4 Å². The molecule has 1 fully saturated rings. The molecule has 4 heteroatoms. The van der Waals surface area contributed by atoms with Crippen LogP contribution in [0.25, 0.3) is 0 Å². The van der Waals surface area contributed by atoms with Crippen LogP contribution in [-0.2, 0) is 4.79 Å². The van der Waals surface area contributed by atoms with Gasteiger partial charge in [0.05, 0.1) is 0 Å². The number of rotatable bonds is 6. The Hall–Kier alpha value is -1.06. The first-order valence-electron chi connectivity index (χ1n) is 6.88. The van der Waals surface area contributed by atoms with Crippen LogP contribution < -0.4 is 0 Å². The highest BCUT2D eigenvalue weighted by atomic mass is 35.5. The molecule has 1 atom stereocenters. The second-order valence-electron chi connectivity index (χ2n) is 5.10. The van der Waals surface area contributed by atoms with E-state index in [9.17, 15) is 4.79 Å². The molecule has 0 aromatic heterocycles. The van der Waals surface area contributed by atoms with Gasteiger partial charge in [0.1, 0.15) is 0 Å². The number of unbranched alkanes of at least 4 members (excludes halogenated alkanes) is 1. The fourth-order valence-corrected chi connectivity index (χ4v) is 2.87. The minimum absolute atomic E-state index is 0.277. The molecule has 3 nitrogen and oxygen atoms in total. The van der Waals surface area contributed by atoms with Crippen LogP contribution in [0.1, 0.15) is 43.7 Å². The van der Waals surface area contributed by atoms with Gasteiger partial charge in [-0.3, -0.25) is 9.69 Å². The predicted octanol–water partition coefficient (Wildman–Crippen LogP) is 3.73. The third kappa shape index (κ3) is 4.22. The largest absolute Gasteiger partial charge is 0.481 e. The lowest BCUT2D eigenvalue weighted by Crippen LogP contribution is -2.24. The number of nitrogens with zero attached hydrogens (tertiary/aromatic N) is 1. The molecule has 0 bridgehead atoms. The molecule has 1 saturated heterocycles. The van der Waals surface area contributed by atoms with Crippen molar-refractivity contribution in [3.05, 3.63) is 34.9 Å². The summed E-state index contributed by atoms with van der Waals surface area (Å²) >= 11 is 5.92. The molecular weight excluding hydrogens is 262 g/mol. The molecule has 2 rings (SSSR count). The number of hydrogen-bond acceptors (Lipinski definition) is 2. The zero-order valence-corrected chi connectivity index (χ0v) is 11.8. The Morgan fingerprint density at radius 2 is 2.05 bits per heavy atom. The van der Waals surface area contributed by atoms with Crippen molar-refractivity contribution in [2.24, 2.45) is 0 Å². The molecule has 1 heterocycles. The van der Waals surface area contributed by atoms with Gasteiger partial charge < -0.3 is 5.11 Å². The van der Waals surface area contributed by atoms with Crippen molar-refractivity contribution in [2.75, 3.05) is 13.1 Å². The number of hydrogen-bond donors (Lipinski definition) is 1. The number of carbonyl (C=O) groups is 1. The molecule has 1 unspecified atom stereocenters. The standard InChI is InChI=1S/C15H20ClNO2/c16-13-8-6-12(7-9-13)14-4-3-11-17(14)10-2-1-5-15(18)19/h6-9,14H,1-5,10-11H2,(H,18,19). The van der Waals surface area contributed by atoms with Gasteiger partial charge in [-0.1, -0.05) is 23.7 Å². The number of halogens is 1. The van der Waals surface area contributed by atoms with Crippen LogP contribution in [0.5, 0.6) is 0 Å². The van der Waals surface area contributed by atoms with Crippen molar-refractivity contribution in [1.29, 1.82) is 0 Å². The van der Waals surface area contributed by atoms with Gasteiger partial charge in [0.15, 0.2) is 0 Å². The van der Waals surface area contributed by atoms with Crippen molar-refractivity contribution in [2.45, 2.75) is 38.1 Å². The Labute approximate surface area is 119 Å². The lowest BCUT2D eigenvalue weighted by molar-refractivity contribution is -0.137. The van der Waals surface area contributed by atoms with Crippen LogP contribution >= 0.6 is 11.6 Å². The predicted molar refractivity (Wildman–Crippen MR) is 76.5 cm³/mol. The summed E-state index contributed by atoms with van der Waals surface area (Å²) < 4.78 is 0. The highest BCUT2D eigenvalue weighted by Crippen LogP contribution is 2.32. The second kappa shape index (κ2) is 6.92. The summed E-state index contributed by atoms with van der Waals surface area (Å²) in [4.78, 5) is 13.0. The van der Waals surface area contributed by atoms with Gasteiger partial charge in [-0.15, -0.1) is 0 Å². The maximum atomic E-state index is 10.5. The normalized spacial score (nSPS) is 19.7. The highest BCUT2D eigenvalue weighted by Gasteiger charge is 2.25. The Kier molecular flexibility index (Phi) is 5.23. The third-order valence-corrected chi connectivity index (χ3v) is 3.96. The van der Waals surface area contributed by atoms with Crippen molar-refractivity contribution in [3.8, 4) is 0 Å². The van der Waals surface area contributed by atoms with Crippen LogP contribution in [0.15, 0.2) is 24.3 Å². The zero-order chi connectivity index (χ0) is 13.7. The fourth-order valence-electron chi connectivity index (χ4n) is 2.75. The molecule has 1 aliphatic heterocycles. The first kappa shape index (κ1) is 14.4. The summed E-state index contributed by atoms with van der Waals surface area (Å²) in [6.07, 6.45) is 4.39. The minimum atomic E-state index is -0.698. The van der Waals surface area contributed by atoms with Gasteiger partial charge in [0, 0.05) is 17.5 Å². The van der Waals surface area contributed by atoms with Crippen LogP contribution in [0.4, 0.5) is 0 Å². The maximum absolute atomic E-state index is 10.5. The smallest absolute Gasteiger partial charge is 0.303 e. The monoisotopic (exact) mass is 281 g/mol. The van der Waals surface area contributed by atoms with Gasteiger partial charge in [-0.05, 0) is 56.5 Å². The van der Waals surface area contributed by atoms with E-state index in [0.29, 0.717) is 6.04 Å². The molecule has 0 aliphatic carbocycles. The number of aliphatic carboxylic acids is 1. The summed E-state index contributed by atoms with van der Waals surface area (Å²) in [5, 5.41) is 9.41. The van der Waals surface area contributed by atoms with Crippen LogP contribution in [-0.4, -0.2) is 29.1 Å². The molecule has 1 aromatic rings. The first-order valence-corrected chi connectivity index (χ1v) is 7.26. The molecule has 0 saturated carbocycles. The Bertz CT molecular complexity index is 419. The number of benzene rings is 1. The Morgan fingerprint density at radius 3 is 2.74 bits per heavy atom. The van der Waals surface area contributed by atoms with E-state index in [0.717, 1.165) is 31.0 Å². The molecule has 1 N–H and O–H groups in total. The van der Waals surface area contributed by atoms with Gasteiger partial charge in [-0.2, -0.15) is 0 Å². The first-order chi connectivity index (χ1) is 9.16. The SMILES string of the molecule is O=C(O)CCCCN1CCCC1c1ccc(Cl)cc1. The summed E-state index contributed by atoms with van der Waals surface area (Å²) in [5.74, 6) is -0.698. The Morgan fingerprint density at radius 1 is 1.32 bits per heavy atom. The van der Waals surface area contributed by atoms with E-state index in [4.69, 9.17) is 16.7 Å². The Balaban J connectivity index is 1.86. The molecule has 104 valence electrons. The van der Waals surface area contributed by atoms with Crippen LogP contribution in [0.2, 0.25) is 5.02 Å².